The lowest BCUT2D eigenvalue weighted by Gasteiger charge is -2.24. The molecule has 1 saturated heterocycles. The van der Waals surface area contributed by atoms with Crippen molar-refractivity contribution in [3.8, 4) is 0 Å². The zero-order valence-electron chi connectivity index (χ0n) is 11.1. The monoisotopic (exact) mass is 327 g/mol. The molecule has 1 aromatic rings. The molecule has 2 rings (SSSR count). The second kappa shape index (κ2) is 7.03. The van der Waals surface area contributed by atoms with E-state index < -0.39 is 0 Å². The Balaban J connectivity index is 1.86. The minimum absolute atomic E-state index is 0.0171. The van der Waals surface area contributed by atoms with Crippen LogP contribution >= 0.6 is 15.9 Å². The van der Waals surface area contributed by atoms with E-state index in [1.807, 2.05) is 31.2 Å². The summed E-state index contributed by atoms with van der Waals surface area (Å²) in [5.41, 5.74) is 1.10. The number of rotatable bonds is 4. The number of ether oxygens (including phenoxy) is 1. The highest BCUT2D eigenvalue weighted by Crippen LogP contribution is 2.22. The van der Waals surface area contributed by atoms with Crippen molar-refractivity contribution in [1.82, 2.24) is 5.32 Å². The Morgan fingerprint density at radius 2 is 2.11 bits per heavy atom. The topological polar surface area (TPSA) is 42.8 Å². The van der Waals surface area contributed by atoms with Crippen LogP contribution in [0.4, 0.5) is 0 Å². The van der Waals surface area contributed by atoms with Gasteiger partial charge in [0.25, 0.3) is 5.91 Å². The lowest BCUT2D eigenvalue weighted by atomic mass is 10.1. The highest BCUT2D eigenvalue weighted by molar-refractivity contribution is 9.10. The second-order valence-electron chi connectivity index (χ2n) is 4.85. The van der Waals surface area contributed by atoms with E-state index in [-0.39, 0.29) is 11.9 Å². The Morgan fingerprint density at radius 1 is 1.42 bits per heavy atom. The van der Waals surface area contributed by atoms with Crippen LogP contribution in [0.5, 0.6) is 0 Å². The lowest BCUT2D eigenvalue weighted by Crippen LogP contribution is -3.15. The van der Waals surface area contributed by atoms with Crippen LogP contribution in [0.15, 0.2) is 28.7 Å². The molecule has 104 valence electrons. The summed E-state index contributed by atoms with van der Waals surface area (Å²) in [6.07, 6.45) is 0. The first-order valence-electron chi connectivity index (χ1n) is 6.62. The number of morpholine rings is 1. The van der Waals surface area contributed by atoms with Gasteiger partial charge in [0.05, 0.1) is 19.3 Å². The van der Waals surface area contributed by atoms with Crippen molar-refractivity contribution in [1.29, 1.82) is 0 Å². The number of carbonyl (C=O) groups excluding carboxylic acids is 1. The predicted octanol–water partition coefficient (Wildman–Crippen LogP) is 0.541. The summed E-state index contributed by atoms with van der Waals surface area (Å²) in [4.78, 5) is 13.3. The Hall–Kier alpha value is -0.910. The van der Waals surface area contributed by atoms with Gasteiger partial charge >= 0.3 is 0 Å². The number of halogens is 1. The van der Waals surface area contributed by atoms with Gasteiger partial charge < -0.3 is 15.0 Å². The van der Waals surface area contributed by atoms with Crippen molar-refractivity contribution < 1.29 is 14.4 Å². The molecular weight excluding hydrogens is 308 g/mol. The van der Waals surface area contributed by atoms with Gasteiger partial charge in [-0.1, -0.05) is 34.1 Å². The van der Waals surface area contributed by atoms with E-state index in [1.165, 1.54) is 4.90 Å². The summed E-state index contributed by atoms with van der Waals surface area (Å²) in [6, 6.07) is 7.99. The van der Waals surface area contributed by atoms with Gasteiger partial charge in [0.2, 0.25) is 0 Å². The highest BCUT2D eigenvalue weighted by Gasteiger charge is 2.19. The van der Waals surface area contributed by atoms with Crippen molar-refractivity contribution in [3.63, 3.8) is 0 Å². The standard InChI is InChI=1S/C14H19BrN2O2/c1-11(12-4-2-3-5-13(12)15)16-14(18)10-17-6-8-19-9-7-17/h2-5,11H,6-10H2,1H3,(H,16,18)/p+1/t11-/m0/s1. The molecule has 1 heterocycles. The van der Waals surface area contributed by atoms with Crippen molar-refractivity contribution in [2.45, 2.75) is 13.0 Å². The SMILES string of the molecule is C[C@H](NC(=O)C[NH+]1CCOCC1)c1ccccc1Br. The van der Waals surface area contributed by atoms with Gasteiger partial charge in [0.15, 0.2) is 6.54 Å². The maximum absolute atomic E-state index is 12.0. The van der Waals surface area contributed by atoms with E-state index in [9.17, 15) is 4.79 Å². The van der Waals surface area contributed by atoms with Crippen LogP contribution < -0.4 is 10.2 Å². The molecule has 0 radical (unpaired) electrons. The smallest absolute Gasteiger partial charge is 0.275 e. The summed E-state index contributed by atoms with van der Waals surface area (Å²) in [7, 11) is 0. The van der Waals surface area contributed by atoms with Gasteiger partial charge in [0.1, 0.15) is 13.1 Å². The lowest BCUT2D eigenvalue weighted by molar-refractivity contribution is -0.900. The molecule has 1 atom stereocenters. The third-order valence-electron chi connectivity index (χ3n) is 3.36. The van der Waals surface area contributed by atoms with Gasteiger partial charge in [-0.25, -0.2) is 0 Å². The average molecular weight is 328 g/mol. The first-order valence-corrected chi connectivity index (χ1v) is 7.41. The molecule has 1 aliphatic heterocycles. The van der Waals surface area contributed by atoms with Crippen LogP contribution in [0.25, 0.3) is 0 Å². The summed E-state index contributed by atoms with van der Waals surface area (Å²) < 4.78 is 6.32. The molecule has 0 bridgehead atoms. The van der Waals surface area contributed by atoms with E-state index in [0.29, 0.717) is 6.54 Å². The predicted molar refractivity (Wildman–Crippen MR) is 77.1 cm³/mol. The number of nitrogens with one attached hydrogen (secondary N) is 2. The maximum atomic E-state index is 12.0. The molecule has 1 fully saturated rings. The summed E-state index contributed by atoms with van der Waals surface area (Å²) in [6.45, 7) is 5.86. The molecule has 0 unspecified atom stereocenters. The van der Waals surface area contributed by atoms with E-state index in [4.69, 9.17) is 4.74 Å². The van der Waals surface area contributed by atoms with Gasteiger partial charge in [0, 0.05) is 4.47 Å². The zero-order valence-corrected chi connectivity index (χ0v) is 12.7. The third-order valence-corrected chi connectivity index (χ3v) is 4.08. The van der Waals surface area contributed by atoms with Crippen LogP contribution in [0.2, 0.25) is 0 Å². The van der Waals surface area contributed by atoms with Crippen LogP contribution in [0, 0.1) is 0 Å². The minimum atomic E-state index is 0.0171. The molecule has 0 aliphatic carbocycles. The molecular formula is C14H20BrN2O2+. The number of hydrogen-bond donors (Lipinski definition) is 2. The highest BCUT2D eigenvalue weighted by atomic mass is 79.9. The second-order valence-corrected chi connectivity index (χ2v) is 5.70. The molecule has 0 aromatic heterocycles. The molecule has 4 nitrogen and oxygen atoms in total. The van der Waals surface area contributed by atoms with Gasteiger partial charge in [-0.15, -0.1) is 0 Å². The fourth-order valence-electron chi connectivity index (χ4n) is 2.26. The van der Waals surface area contributed by atoms with Crippen molar-refractivity contribution in [2.24, 2.45) is 0 Å². The number of benzene rings is 1. The van der Waals surface area contributed by atoms with Crippen molar-refractivity contribution in [2.75, 3.05) is 32.8 Å². The fraction of sp³-hybridized carbons (Fsp3) is 0.500. The van der Waals surface area contributed by atoms with E-state index in [0.717, 1.165) is 36.3 Å². The van der Waals surface area contributed by atoms with Gasteiger partial charge in [-0.05, 0) is 18.6 Å². The summed E-state index contributed by atoms with van der Waals surface area (Å²) in [5.74, 6) is 0.0974. The first kappa shape index (κ1) is 14.5. The quantitative estimate of drug-likeness (QED) is 0.847. The summed E-state index contributed by atoms with van der Waals surface area (Å²) in [5, 5.41) is 3.05. The third kappa shape index (κ3) is 4.30. The number of hydrogen-bond acceptors (Lipinski definition) is 2. The van der Waals surface area contributed by atoms with E-state index in [1.54, 1.807) is 0 Å². The normalized spacial score (nSPS) is 18.0. The maximum Gasteiger partial charge on any atom is 0.275 e. The number of amides is 1. The van der Waals surface area contributed by atoms with Crippen LogP contribution in [0.1, 0.15) is 18.5 Å². The van der Waals surface area contributed by atoms with Crippen molar-refractivity contribution >= 4 is 21.8 Å². The Labute approximate surface area is 122 Å². The molecule has 0 saturated carbocycles. The number of carbonyl (C=O) groups is 1. The minimum Gasteiger partial charge on any atom is -0.370 e. The van der Waals surface area contributed by atoms with Gasteiger partial charge in [-0.3, -0.25) is 4.79 Å². The molecule has 19 heavy (non-hydrogen) atoms. The molecule has 1 aromatic carbocycles. The van der Waals surface area contributed by atoms with E-state index >= 15 is 0 Å². The molecule has 1 amide bonds. The number of quaternary nitrogens is 1. The molecule has 0 spiro atoms. The van der Waals surface area contributed by atoms with Crippen LogP contribution in [0.3, 0.4) is 0 Å². The van der Waals surface area contributed by atoms with E-state index in [2.05, 4.69) is 21.2 Å². The Morgan fingerprint density at radius 3 is 2.79 bits per heavy atom. The van der Waals surface area contributed by atoms with Crippen LogP contribution in [-0.4, -0.2) is 38.8 Å². The largest absolute Gasteiger partial charge is 0.370 e. The Bertz CT molecular complexity index is 433. The molecule has 5 heteroatoms. The van der Waals surface area contributed by atoms with Crippen LogP contribution in [-0.2, 0) is 9.53 Å². The van der Waals surface area contributed by atoms with Gasteiger partial charge in [-0.2, -0.15) is 0 Å². The summed E-state index contributed by atoms with van der Waals surface area (Å²) >= 11 is 3.51. The molecule has 1 aliphatic rings. The zero-order chi connectivity index (χ0) is 13.7. The van der Waals surface area contributed by atoms with Crippen molar-refractivity contribution in [3.05, 3.63) is 34.3 Å². The average Bonchev–Trinajstić information content (AvgIpc) is 2.40. The fourth-order valence-corrected chi connectivity index (χ4v) is 2.89. The Kier molecular flexibility index (Phi) is 5.36. The molecule has 2 N–H and O–H groups in total. The first-order chi connectivity index (χ1) is 9.16.